The average molecular weight is 428 g/mol. The van der Waals surface area contributed by atoms with E-state index in [0.717, 1.165) is 17.6 Å². The van der Waals surface area contributed by atoms with E-state index in [-0.39, 0.29) is 23.6 Å². The summed E-state index contributed by atoms with van der Waals surface area (Å²) in [5.74, 6) is -1.44. The molecule has 2 aromatic rings. The number of halogens is 3. The first kappa shape index (κ1) is 22.4. The summed E-state index contributed by atoms with van der Waals surface area (Å²) in [6.07, 6.45) is -4.08. The van der Waals surface area contributed by atoms with Crippen LogP contribution in [0.4, 0.5) is 13.2 Å². The van der Waals surface area contributed by atoms with E-state index >= 15 is 0 Å². The normalized spacial score (nSPS) is 16.2. The number of amides is 1. The number of fused-ring (bicyclic) bond motifs is 1. The molecule has 11 heteroatoms. The molecular weight excluding hydrogens is 401 g/mol. The zero-order valence-corrected chi connectivity index (χ0v) is 17.6. The molecule has 30 heavy (non-hydrogen) atoms. The molecule has 0 saturated carbocycles. The number of aryl methyl sites for hydroxylation is 2. The lowest BCUT2D eigenvalue weighted by Gasteiger charge is -2.40. The number of rotatable bonds is 6. The van der Waals surface area contributed by atoms with E-state index in [0.29, 0.717) is 43.1 Å². The van der Waals surface area contributed by atoms with Crippen LogP contribution < -0.4 is 5.32 Å². The van der Waals surface area contributed by atoms with Gasteiger partial charge >= 0.3 is 6.18 Å². The van der Waals surface area contributed by atoms with Gasteiger partial charge in [0.05, 0.1) is 13.2 Å². The molecule has 1 aliphatic heterocycles. The zero-order chi connectivity index (χ0) is 22.1. The number of alkyl halides is 3. The number of hydrogen-bond donors (Lipinski definition) is 1. The second-order valence-corrected chi connectivity index (χ2v) is 8.09. The first-order chi connectivity index (χ1) is 14.0. The summed E-state index contributed by atoms with van der Waals surface area (Å²) in [4.78, 5) is 22.3. The van der Waals surface area contributed by atoms with Gasteiger partial charge in [-0.15, -0.1) is 5.10 Å². The van der Waals surface area contributed by atoms with Crippen molar-refractivity contribution >= 4 is 11.7 Å². The Hall–Kier alpha value is -2.27. The summed E-state index contributed by atoms with van der Waals surface area (Å²) < 4.78 is 45.2. The first-order valence-electron chi connectivity index (χ1n) is 9.88. The van der Waals surface area contributed by atoms with Crippen LogP contribution in [0.15, 0.2) is 0 Å². The number of carbonyl (C=O) groups excluding carboxylic acids is 1. The Kier molecular flexibility index (Phi) is 6.32. The van der Waals surface area contributed by atoms with Crippen LogP contribution >= 0.6 is 0 Å². The van der Waals surface area contributed by atoms with E-state index in [4.69, 9.17) is 4.74 Å². The monoisotopic (exact) mass is 428 g/mol. The zero-order valence-electron chi connectivity index (χ0n) is 17.6. The highest BCUT2D eigenvalue weighted by molar-refractivity contribution is 5.76. The molecule has 2 aromatic heterocycles. The quantitative estimate of drug-likeness (QED) is 0.757. The van der Waals surface area contributed by atoms with Gasteiger partial charge < -0.3 is 10.1 Å². The molecule has 1 fully saturated rings. The van der Waals surface area contributed by atoms with Crippen LogP contribution in [0.1, 0.15) is 43.0 Å². The van der Waals surface area contributed by atoms with E-state index < -0.39 is 12.0 Å². The molecule has 3 rings (SSSR count). The summed E-state index contributed by atoms with van der Waals surface area (Å²) in [6.45, 7) is 11.0. The van der Waals surface area contributed by atoms with Gasteiger partial charge in [0.2, 0.25) is 5.91 Å². The van der Waals surface area contributed by atoms with Gasteiger partial charge in [0.15, 0.2) is 0 Å². The predicted molar refractivity (Wildman–Crippen MR) is 103 cm³/mol. The number of morpholine rings is 1. The summed E-state index contributed by atoms with van der Waals surface area (Å²) in [6, 6.07) is 0. The lowest BCUT2D eigenvalue weighted by atomic mass is 10.0. The van der Waals surface area contributed by atoms with Crippen molar-refractivity contribution in [3.63, 3.8) is 0 Å². The van der Waals surface area contributed by atoms with E-state index in [1.54, 1.807) is 13.8 Å². The molecule has 0 radical (unpaired) electrons. The minimum Gasteiger partial charge on any atom is -0.379 e. The maximum Gasteiger partial charge on any atom is 0.453 e. The van der Waals surface area contributed by atoms with Crippen LogP contribution in [0, 0.1) is 13.8 Å². The molecule has 166 valence electrons. The standard InChI is InChI=1S/C19H27F3N6O2/c1-12-14(13(2)28-17(24-12)25-16(26-28)19(20,21)22)5-6-15(29)23-11-18(3,4)27-7-9-30-10-8-27/h5-11H2,1-4H3,(H,23,29). The van der Waals surface area contributed by atoms with Crippen LogP contribution in [0.3, 0.4) is 0 Å². The highest BCUT2D eigenvalue weighted by atomic mass is 19.4. The lowest BCUT2D eigenvalue weighted by Crippen LogP contribution is -2.55. The minimum atomic E-state index is -4.64. The molecule has 8 nitrogen and oxygen atoms in total. The number of hydrogen-bond acceptors (Lipinski definition) is 6. The Morgan fingerprint density at radius 2 is 1.83 bits per heavy atom. The molecule has 0 atom stereocenters. The third-order valence-electron chi connectivity index (χ3n) is 5.49. The second kappa shape index (κ2) is 8.46. The van der Waals surface area contributed by atoms with Gasteiger partial charge in [-0.2, -0.15) is 18.2 Å². The molecule has 0 bridgehead atoms. The number of aromatic nitrogens is 4. The van der Waals surface area contributed by atoms with Crippen LogP contribution in [0.2, 0.25) is 0 Å². The van der Waals surface area contributed by atoms with E-state index in [1.165, 1.54) is 0 Å². The molecule has 0 unspecified atom stereocenters. The van der Waals surface area contributed by atoms with Crippen molar-refractivity contribution in [1.82, 2.24) is 29.8 Å². The fourth-order valence-electron chi connectivity index (χ4n) is 3.61. The van der Waals surface area contributed by atoms with E-state index in [9.17, 15) is 18.0 Å². The third-order valence-corrected chi connectivity index (χ3v) is 5.49. The highest BCUT2D eigenvalue weighted by Crippen LogP contribution is 2.27. The maximum atomic E-state index is 12.9. The highest BCUT2D eigenvalue weighted by Gasteiger charge is 2.37. The largest absolute Gasteiger partial charge is 0.453 e. The van der Waals surface area contributed by atoms with E-state index in [1.807, 2.05) is 0 Å². The SMILES string of the molecule is Cc1nc2nc(C(F)(F)F)nn2c(C)c1CCC(=O)NCC(C)(C)N1CCOCC1. The molecule has 1 N–H and O–H groups in total. The molecule has 1 amide bonds. The van der Waals surface area contributed by atoms with Crippen LogP contribution in [0.5, 0.6) is 0 Å². The predicted octanol–water partition coefficient (Wildman–Crippen LogP) is 1.92. The first-order valence-corrected chi connectivity index (χ1v) is 9.88. The number of ether oxygens (including phenoxy) is 1. The van der Waals surface area contributed by atoms with Crippen molar-refractivity contribution in [2.24, 2.45) is 0 Å². The Morgan fingerprint density at radius 3 is 2.47 bits per heavy atom. The van der Waals surface area contributed by atoms with Gasteiger partial charge in [-0.3, -0.25) is 9.69 Å². The number of nitrogens with one attached hydrogen (secondary N) is 1. The molecule has 0 aromatic carbocycles. The van der Waals surface area contributed by atoms with Gasteiger partial charge in [-0.1, -0.05) is 0 Å². The van der Waals surface area contributed by atoms with Crippen molar-refractivity contribution in [3.8, 4) is 0 Å². The summed E-state index contributed by atoms with van der Waals surface area (Å²) in [5.41, 5.74) is 1.55. The van der Waals surface area contributed by atoms with Crippen molar-refractivity contribution in [2.45, 2.75) is 52.3 Å². The Labute approximate surface area is 172 Å². The van der Waals surface area contributed by atoms with Gasteiger partial charge in [0.25, 0.3) is 11.6 Å². The number of nitrogens with zero attached hydrogens (tertiary/aromatic N) is 5. The molecule has 1 aliphatic rings. The van der Waals surface area contributed by atoms with Gasteiger partial charge in [0, 0.05) is 43.0 Å². The lowest BCUT2D eigenvalue weighted by molar-refractivity contribution is -0.144. The van der Waals surface area contributed by atoms with Crippen molar-refractivity contribution in [2.75, 3.05) is 32.8 Å². The molecular formula is C19H27F3N6O2. The van der Waals surface area contributed by atoms with Crippen molar-refractivity contribution in [3.05, 3.63) is 22.8 Å². The van der Waals surface area contributed by atoms with Crippen molar-refractivity contribution in [1.29, 1.82) is 0 Å². The summed E-state index contributed by atoms with van der Waals surface area (Å²) >= 11 is 0. The van der Waals surface area contributed by atoms with Crippen LogP contribution in [-0.4, -0.2) is 68.8 Å². The Bertz CT molecular complexity index is 919. The fraction of sp³-hybridized carbons (Fsp3) is 0.684. The molecule has 3 heterocycles. The minimum absolute atomic E-state index is 0.0993. The summed E-state index contributed by atoms with van der Waals surface area (Å²) in [7, 11) is 0. The summed E-state index contributed by atoms with van der Waals surface area (Å²) in [5, 5.41) is 6.50. The van der Waals surface area contributed by atoms with Gasteiger partial charge in [-0.05, 0) is 39.7 Å². The second-order valence-electron chi connectivity index (χ2n) is 8.09. The van der Waals surface area contributed by atoms with E-state index in [2.05, 4.69) is 39.1 Å². The number of carbonyl (C=O) groups is 1. The topological polar surface area (TPSA) is 84.6 Å². The smallest absolute Gasteiger partial charge is 0.379 e. The maximum absolute atomic E-state index is 12.9. The van der Waals surface area contributed by atoms with Gasteiger partial charge in [0.1, 0.15) is 0 Å². The van der Waals surface area contributed by atoms with Gasteiger partial charge in [-0.25, -0.2) is 9.50 Å². The Balaban J connectivity index is 1.64. The molecule has 0 aliphatic carbocycles. The molecule has 0 spiro atoms. The van der Waals surface area contributed by atoms with Crippen LogP contribution in [-0.2, 0) is 22.1 Å². The Morgan fingerprint density at radius 1 is 1.17 bits per heavy atom. The van der Waals surface area contributed by atoms with Crippen molar-refractivity contribution < 1.29 is 22.7 Å². The van der Waals surface area contributed by atoms with Crippen LogP contribution in [0.25, 0.3) is 5.78 Å². The fourth-order valence-corrected chi connectivity index (χ4v) is 3.61. The molecule has 1 saturated heterocycles. The third kappa shape index (κ3) is 4.89. The average Bonchev–Trinajstić information content (AvgIpc) is 3.11.